The molecule has 0 unspecified atom stereocenters. The highest BCUT2D eigenvalue weighted by Crippen LogP contribution is 2.46. The SMILES string of the molecule is C[C@]1(c2cccc(Br)c2)C[C@@H]1N. The summed E-state index contributed by atoms with van der Waals surface area (Å²) in [6, 6.07) is 8.77. The Morgan fingerprint density at radius 2 is 2.25 bits per heavy atom. The number of halogens is 1. The first kappa shape index (κ1) is 8.27. The summed E-state index contributed by atoms with van der Waals surface area (Å²) < 4.78 is 1.14. The lowest BCUT2D eigenvalue weighted by atomic mass is 9.98. The molecule has 0 aliphatic heterocycles. The van der Waals surface area contributed by atoms with Gasteiger partial charge in [0.15, 0.2) is 0 Å². The molecule has 2 heteroatoms. The van der Waals surface area contributed by atoms with Crippen LogP contribution in [0.15, 0.2) is 28.7 Å². The molecule has 2 N–H and O–H groups in total. The van der Waals surface area contributed by atoms with Crippen LogP contribution in [0.2, 0.25) is 0 Å². The van der Waals surface area contributed by atoms with Gasteiger partial charge in [0, 0.05) is 15.9 Å². The highest BCUT2D eigenvalue weighted by Gasteiger charge is 2.48. The second kappa shape index (κ2) is 2.57. The van der Waals surface area contributed by atoms with Crippen molar-refractivity contribution in [3.8, 4) is 0 Å². The normalized spacial score (nSPS) is 33.4. The van der Waals surface area contributed by atoms with Crippen LogP contribution in [0.25, 0.3) is 0 Å². The molecule has 2 atom stereocenters. The first-order valence-corrected chi connectivity index (χ1v) is 4.94. The minimum Gasteiger partial charge on any atom is -0.327 e. The van der Waals surface area contributed by atoms with E-state index in [2.05, 4.69) is 41.1 Å². The van der Waals surface area contributed by atoms with Crippen LogP contribution in [-0.2, 0) is 5.41 Å². The van der Waals surface area contributed by atoms with E-state index in [-0.39, 0.29) is 5.41 Å². The van der Waals surface area contributed by atoms with Gasteiger partial charge in [-0.1, -0.05) is 35.0 Å². The smallest absolute Gasteiger partial charge is 0.0178 e. The van der Waals surface area contributed by atoms with Crippen molar-refractivity contribution < 1.29 is 0 Å². The first-order valence-electron chi connectivity index (χ1n) is 4.14. The Labute approximate surface area is 81.1 Å². The topological polar surface area (TPSA) is 26.0 Å². The van der Waals surface area contributed by atoms with Crippen LogP contribution >= 0.6 is 15.9 Å². The van der Waals surface area contributed by atoms with Crippen LogP contribution in [0.4, 0.5) is 0 Å². The average Bonchev–Trinajstić information content (AvgIpc) is 2.61. The van der Waals surface area contributed by atoms with E-state index < -0.39 is 0 Å². The van der Waals surface area contributed by atoms with Crippen molar-refractivity contribution in [2.45, 2.75) is 24.8 Å². The fraction of sp³-hybridized carbons (Fsp3) is 0.400. The summed E-state index contributed by atoms with van der Waals surface area (Å²) in [6.07, 6.45) is 1.11. The van der Waals surface area contributed by atoms with Crippen molar-refractivity contribution in [1.29, 1.82) is 0 Å². The fourth-order valence-electron chi connectivity index (χ4n) is 1.57. The van der Waals surface area contributed by atoms with Crippen LogP contribution in [0.1, 0.15) is 18.9 Å². The Morgan fingerprint density at radius 1 is 1.58 bits per heavy atom. The first-order chi connectivity index (χ1) is 5.63. The lowest BCUT2D eigenvalue weighted by molar-refractivity contribution is 0.740. The van der Waals surface area contributed by atoms with E-state index in [1.165, 1.54) is 5.56 Å². The Hall–Kier alpha value is -0.340. The molecule has 1 aromatic carbocycles. The second-order valence-electron chi connectivity index (χ2n) is 3.74. The molecule has 2 rings (SSSR count). The number of hydrogen-bond acceptors (Lipinski definition) is 1. The van der Waals surface area contributed by atoms with E-state index in [1.54, 1.807) is 0 Å². The monoisotopic (exact) mass is 225 g/mol. The molecular weight excluding hydrogens is 214 g/mol. The third kappa shape index (κ3) is 1.19. The zero-order chi connectivity index (χ0) is 8.77. The molecular formula is C10H12BrN. The van der Waals surface area contributed by atoms with Crippen molar-refractivity contribution in [2.24, 2.45) is 5.73 Å². The summed E-state index contributed by atoms with van der Waals surface area (Å²) in [7, 11) is 0. The van der Waals surface area contributed by atoms with Crippen molar-refractivity contribution >= 4 is 15.9 Å². The highest BCUT2D eigenvalue weighted by molar-refractivity contribution is 9.10. The summed E-state index contributed by atoms with van der Waals surface area (Å²) in [6.45, 7) is 2.22. The Morgan fingerprint density at radius 3 is 2.75 bits per heavy atom. The van der Waals surface area contributed by atoms with Gasteiger partial charge >= 0.3 is 0 Å². The van der Waals surface area contributed by atoms with Gasteiger partial charge in [-0.25, -0.2) is 0 Å². The largest absolute Gasteiger partial charge is 0.327 e. The summed E-state index contributed by atoms with van der Waals surface area (Å²) in [4.78, 5) is 0. The third-order valence-electron chi connectivity index (χ3n) is 2.79. The molecule has 0 spiro atoms. The Balaban J connectivity index is 2.36. The molecule has 1 saturated carbocycles. The van der Waals surface area contributed by atoms with E-state index in [4.69, 9.17) is 5.73 Å². The van der Waals surface area contributed by atoms with Gasteiger partial charge in [0.1, 0.15) is 0 Å². The molecule has 1 aliphatic carbocycles. The maximum atomic E-state index is 5.87. The molecule has 12 heavy (non-hydrogen) atoms. The average molecular weight is 226 g/mol. The van der Waals surface area contributed by atoms with Crippen LogP contribution < -0.4 is 5.73 Å². The fourth-order valence-corrected chi connectivity index (χ4v) is 1.97. The Bertz CT molecular complexity index is 310. The molecule has 0 heterocycles. The van der Waals surface area contributed by atoms with Gasteiger partial charge in [-0.2, -0.15) is 0 Å². The van der Waals surface area contributed by atoms with E-state index >= 15 is 0 Å². The van der Waals surface area contributed by atoms with Gasteiger partial charge in [-0.15, -0.1) is 0 Å². The zero-order valence-corrected chi connectivity index (χ0v) is 8.64. The molecule has 0 saturated heterocycles. The van der Waals surface area contributed by atoms with Crippen LogP contribution in [0, 0.1) is 0 Å². The van der Waals surface area contributed by atoms with Gasteiger partial charge in [0.05, 0.1) is 0 Å². The number of rotatable bonds is 1. The molecule has 1 fully saturated rings. The summed E-state index contributed by atoms with van der Waals surface area (Å²) in [5, 5.41) is 0. The molecule has 1 aliphatic rings. The maximum absolute atomic E-state index is 5.87. The predicted molar refractivity (Wildman–Crippen MR) is 54.1 cm³/mol. The lowest BCUT2D eigenvalue weighted by Crippen LogP contribution is -2.14. The summed E-state index contributed by atoms with van der Waals surface area (Å²) in [5.74, 6) is 0. The number of hydrogen-bond donors (Lipinski definition) is 1. The van der Waals surface area contributed by atoms with E-state index in [9.17, 15) is 0 Å². The van der Waals surface area contributed by atoms with E-state index in [1.807, 2.05) is 6.07 Å². The summed E-state index contributed by atoms with van der Waals surface area (Å²) in [5.41, 5.74) is 7.46. The molecule has 64 valence electrons. The van der Waals surface area contributed by atoms with Gasteiger partial charge < -0.3 is 5.73 Å². The summed E-state index contributed by atoms with van der Waals surface area (Å²) >= 11 is 3.46. The van der Waals surface area contributed by atoms with Crippen molar-refractivity contribution in [2.75, 3.05) is 0 Å². The molecule has 1 nitrogen and oxygen atoms in total. The van der Waals surface area contributed by atoms with Crippen molar-refractivity contribution in [3.05, 3.63) is 34.3 Å². The van der Waals surface area contributed by atoms with Crippen LogP contribution in [0.3, 0.4) is 0 Å². The molecule has 0 bridgehead atoms. The molecule has 0 amide bonds. The zero-order valence-electron chi connectivity index (χ0n) is 7.05. The number of benzene rings is 1. The predicted octanol–water partition coefficient (Wildman–Crippen LogP) is 2.44. The lowest BCUT2D eigenvalue weighted by Gasteiger charge is -2.09. The standard InChI is InChI=1S/C10H12BrN/c1-10(6-9(10)12)7-3-2-4-8(11)5-7/h2-5,9H,6,12H2,1H3/t9-,10+/m0/s1. The molecule has 0 aromatic heterocycles. The van der Waals surface area contributed by atoms with Crippen molar-refractivity contribution in [1.82, 2.24) is 0 Å². The van der Waals surface area contributed by atoms with Gasteiger partial charge in [-0.05, 0) is 24.1 Å². The van der Waals surface area contributed by atoms with Crippen molar-refractivity contribution in [3.63, 3.8) is 0 Å². The van der Waals surface area contributed by atoms with Crippen LogP contribution in [-0.4, -0.2) is 6.04 Å². The van der Waals surface area contributed by atoms with Gasteiger partial charge in [-0.3, -0.25) is 0 Å². The highest BCUT2D eigenvalue weighted by atomic mass is 79.9. The number of nitrogens with two attached hydrogens (primary N) is 1. The molecule has 1 aromatic rings. The van der Waals surface area contributed by atoms with Gasteiger partial charge in [0.25, 0.3) is 0 Å². The van der Waals surface area contributed by atoms with E-state index in [0.717, 1.165) is 10.9 Å². The van der Waals surface area contributed by atoms with Gasteiger partial charge in [0.2, 0.25) is 0 Å². The minimum atomic E-state index is 0.240. The van der Waals surface area contributed by atoms with E-state index in [0.29, 0.717) is 6.04 Å². The molecule has 0 radical (unpaired) electrons. The maximum Gasteiger partial charge on any atom is 0.0178 e. The Kier molecular flexibility index (Phi) is 1.77. The third-order valence-corrected chi connectivity index (χ3v) is 3.28. The second-order valence-corrected chi connectivity index (χ2v) is 4.65. The quantitative estimate of drug-likeness (QED) is 0.781. The van der Waals surface area contributed by atoms with Crippen LogP contribution in [0.5, 0.6) is 0 Å². The minimum absolute atomic E-state index is 0.240.